The summed E-state index contributed by atoms with van der Waals surface area (Å²) >= 11 is -2.53. The molecule has 0 atom stereocenters. The molecule has 1 saturated heterocycles. The summed E-state index contributed by atoms with van der Waals surface area (Å²) in [5.74, 6) is 0. The maximum atomic E-state index is 2.63. The van der Waals surface area contributed by atoms with Gasteiger partial charge in [-0.15, -0.1) is 0 Å². The second-order valence-corrected chi connectivity index (χ2v) is 23.8. The van der Waals surface area contributed by atoms with Gasteiger partial charge in [-0.1, -0.05) is 0 Å². The number of fused-ring (bicyclic) bond motifs is 3. The Bertz CT molecular complexity index is 1120. The van der Waals surface area contributed by atoms with Crippen LogP contribution in [0.15, 0.2) is 56.9 Å². The molecule has 0 N–H and O–H groups in total. The molecule has 188 valence electrons. The van der Waals surface area contributed by atoms with E-state index in [2.05, 4.69) is 97.9 Å². The summed E-state index contributed by atoms with van der Waals surface area (Å²) in [6, 6.07) is 15.0. The topological polar surface area (TPSA) is 0 Å². The summed E-state index contributed by atoms with van der Waals surface area (Å²) in [4.78, 5) is 0. The molecule has 2 aromatic carbocycles. The Hall–Kier alpha value is -0.617. The van der Waals surface area contributed by atoms with Gasteiger partial charge in [0, 0.05) is 0 Å². The number of benzene rings is 2. The molecule has 1 aliphatic heterocycles. The SMILES string of the molecule is CCC1=CC[C]([Zr+2]2([CH]3c4cc(C(C)(C)C)ccc4-c4ccc(C(C)(C)C)cc43)[CH2][CH2]2)=C1CC.[Cl-].[Cl-]. The largest absolute Gasteiger partial charge is 1.00 e. The van der Waals surface area contributed by atoms with Gasteiger partial charge in [0.15, 0.2) is 0 Å². The van der Waals surface area contributed by atoms with Gasteiger partial charge in [0.05, 0.1) is 0 Å². The first-order valence-electron chi connectivity index (χ1n) is 13.2. The second kappa shape index (κ2) is 9.93. The van der Waals surface area contributed by atoms with Crippen molar-refractivity contribution in [1.82, 2.24) is 0 Å². The van der Waals surface area contributed by atoms with E-state index < -0.39 is 20.3 Å². The average molecular weight is 589 g/mol. The Balaban J connectivity index is 0.00000171. The third-order valence-electron chi connectivity index (χ3n) is 8.73. The molecule has 2 aliphatic carbocycles. The molecule has 0 aromatic heterocycles. The molecule has 3 heteroatoms. The third kappa shape index (κ3) is 4.73. The van der Waals surface area contributed by atoms with Gasteiger partial charge in [-0.05, 0) is 0 Å². The minimum Gasteiger partial charge on any atom is -1.00 e. The van der Waals surface area contributed by atoms with Crippen molar-refractivity contribution in [3.63, 3.8) is 0 Å². The van der Waals surface area contributed by atoms with Crippen molar-refractivity contribution in [2.45, 2.75) is 97.4 Å². The van der Waals surface area contributed by atoms with E-state index in [9.17, 15) is 0 Å². The maximum Gasteiger partial charge on any atom is -1.00 e. The Kier molecular flexibility index (Phi) is 8.21. The van der Waals surface area contributed by atoms with Crippen LogP contribution >= 0.6 is 0 Å². The van der Waals surface area contributed by atoms with E-state index in [1.807, 2.05) is 3.28 Å². The Morgan fingerprint density at radius 3 is 1.60 bits per heavy atom. The molecule has 3 aliphatic rings. The Morgan fingerprint density at radius 1 is 0.743 bits per heavy atom. The van der Waals surface area contributed by atoms with E-state index in [1.54, 1.807) is 30.5 Å². The zero-order chi connectivity index (χ0) is 23.8. The van der Waals surface area contributed by atoms with Crippen LogP contribution in [-0.2, 0) is 31.1 Å². The minimum atomic E-state index is -2.53. The summed E-state index contributed by atoms with van der Waals surface area (Å²) in [7, 11) is 0. The molecule has 0 spiro atoms. The van der Waals surface area contributed by atoms with Crippen molar-refractivity contribution >= 4 is 0 Å². The molecular weight excluding hydrogens is 546 g/mol. The number of allylic oxidation sites excluding steroid dienone is 4. The Labute approximate surface area is 231 Å². The summed E-state index contributed by atoms with van der Waals surface area (Å²) in [5, 5.41) is 0. The van der Waals surface area contributed by atoms with E-state index in [-0.39, 0.29) is 35.6 Å². The van der Waals surface area contributed by atoms with E-state index in [4.69, 9.17) is 0 Å². The normalized spacial score (nSPS) is 17.5. The van der Waals surface area contributed by atoms with Gasteiger partial charge in [-0.3, -0.25) is 0 Å². The van der Waals surface area contributed by atoms with E-state index in [0.29, 0.717) is 3.63 Å². The van der Waals surface area contributed by atoms with Crippen LogP contribution in [0.2, 0.25) is 8.26 Å². The smallest absolute Gasteiger partial charge is 1.00 e. The minimum absolute atomic E-state index is 0. The summed E-state index contributed by atoms with van der Waals surface area (Å²) in [6.45, 7) is 19.0. The molecule has 5 rings (SSSR count). The number of halogens is 2. The zero-order valence-corrected chi connectivity index (χ0v) is 26.9. The van der Waals surface area contributed by atoms with E-state index in [1.165, 1.54) is 41.5 Å². The monoisotopic (exact) mass is 586 g/mol. The van der Waals surface area contributed by atoms with Crippen LogP contribution < -0.4 is 24.8 Å². The quantitative estimate of drug-likeness (QED) is 0.511. The summed E-state index contributed by atoms with van der Waals surface area (Å²) in [5.41, 5.74) is 13.3. The van der Waals surface area contributed by atoms with Crippen LogP contribution in [0, 0.1) is 0 Å². The predicted molar refractivity (Wildman–Crippen MR) is 141 cm³/mol. The molecule has 2 aromatic rings. The van der Waals surface area contributed by atoms with Crippen LogP contribution in [0.1, 0.15) is 101 Å². The first-order valence-corrected chi connectivity index (χ1v) is 19.3. The molecular formula is C32H42Cl2Zr. The Morgan fingerprint density at radius 2 is 1.23 bits per heavy atom. The molecule has 0 radical (unpaired) electrons. The second-order valence-electron chi connectivity index (χ2n) is 12.8. The fourth-order valence-electron chi connectivity index (χ4n) is 6.66. The fraction of sp³-hybridized carbons (Fsp3) is 0.500. The van der Waals surface area contributed by atoms with Crippen LogP contribution in [0.4, 0.5) is 0 Å². The van der Waals surface area contributed by atoms with Crippen molar-refractivity contribution in [2.24, 2.45) is 0 Å². The molecule has 0 amide bonds. The van der Waals surface area contributed by atoms with Crippen molar-refractivity contribution < 1.29 is 45.1 Å². The first-order chi connectivity index (χ1) is 15.5. The zero-order valence-electron chi connectivity index (χ0n) is 22.9. The van der Waals surface area contributed by atoms with Gasteiger partial charge in [0.1, 0.15) is 0 Å². The maximum absolute atomic E-state index is 2.63. The molecule has 0 bridgehead atoms. The van der Waals surface area contributed by atoms with Crippen molar-refractivity contribution in [3.05, 3.63) is 79.2 Å². The van der Waals surface area contributed by atoms with Gasteiger partial charge in [-0.25, -0.2) is 0 Å². The number of rotatable bonds is 4. The van der Waals surface area contributed by atoms with Gasteiger partial charge >= 0.3 is 208 Å². The van der Waals surface area contributed by atoms with E-state index in [0.717, 1.165) is 0 Å². The number of hydrogen-bond acceptors (Lipinski definition) is 0. The average Bonchev–Trinajstić information content (AvgIpc) is 3.31. The van der Waals surface area contributed by atoms with Gasteiger partial charge in [0.2, 0.25) is 0 Å². The molecule has 0 saturated carbocycles. The molecule has 0 unspecified atom stereocenters. The molecule has 35 heavy (non-hydrogen) atoms. The van der Waals surface area contributed by atoms with Crippen LogP contribution in [0.25, 0.3) is 11.1 Å². The third-order valence-corrected chi connectivity index (χ3v) is 21.0. The number of hydrogen-bond donors (Lipinski definition) is 0. The fourth-order valence-corrected chi connectivity index (χ4v) is 22.7. The summed E-state index contributed by atoms with van der Waals surface area (Å²) in [6.07, 6.45) is 6.29. The molecule has 0 nitrogen and oxygen atoms in total. The first kappa shape index (κ1) is 28.9. The van der Waals surface area contributed by atoms with Gasteiger partial charge < -0.3 is 24.8 Å². The van der Waals surface area contributed by atoms with Crippen molar-refractivity contribution in [1.29, 1.82) is 0 Å². The van der Waals surface area contributed by atoms with E-state index >= 15 is 0 Å². The molecule has 1 heterocycles. The van der Waals surface area contributed by atoms with Crippen LogP contribution in [0.5, 0.6) is 0 Å². The van der Waals surface area contributed by atoms with Crippen molar-refractivity contribution in [3.8, 4) is 11.1 Å². The standard InChI is InChI=1S/C21H25.C9H13.C2H4.2ClH.Zr/c1-20(2,3)16-7-9-18-14(12-16)11-15-13-17(21(4,5)6)8-10-19(15)18;1-3-8-6-5-7-9(8)4-2;1-2;;;/h7-13H,1-6H3;6H,3-5H2,1-2H3;1-2H2;2*1H;/q;;;;;+2/p-2. The van der Waals surface area contributed by atoms with Crippen LogP contribution in [0.3, 0.4) is 0 Å². The molecule has 1 fully saturated rings. The summed E-state index contributed by atoms with van der Waals surface area (Å²) < 4.78 is 5.77. The van der Waals surface area contributed by atoms with Crippen molar-refractivity contribution in [2.75, 3.05) is 0 Å². The van der Waals surface area contributed by atoms with Gasteiger partial charge in [0.25, 0.3) is 0 Å². The predicted octanol–water partition coefficient (Wildman–Crippen LogP) is 3.77. The van der Waals surface area contributed by atoms with Gasteiger partial charge in [-0.2, -0.15) is 0 Å². The van der Waals surface area contributed by atoms with Crippen LogP contribution in [-0.4, -0.2) is 0 Å².